The summed E-state index contributed by atoms with van der Waals surface area (Å²) >= 11 is 0. The number of aryl methyl sites for hydroxylation is 2. The Bertz CT molecular complexity index is 966. The van der Waals surface area contributed by atoms with Gasteiger partial charge in [0.15, 0.2) is 0 Å². The van der Waals surface area contributed by atoms with E-state index in [0.717, 1.165) is 41.5 Å². The first-order valence-corrected chi connectivity index (χ1v) is 10.8. The number of aliphatic hydroxyl groups excluding tert-OH is 2. The van der Waals surface area contributed by atoms with Gasteiger partial charge >= 0.3 is 0 Å². The van der Waals surface area contributed by atoms with Gasteiger partial charge in [-0.15, -0.1) is 0 Å². The zero-order chi connectivity index (χ0) is 21.5. The van der Waals surface area contributed by atoms with Gasteiger partial charge in [-0.3, -0.25) is 0 Å². The summed E-state index contributed by atoms with van der Waals surface area (Å²) in [7, 11) is 0. The molecule has 156 valence electrons. The van der Waals surface area contributed by atoms with E-state index in [1.54, 1.807) is 0 Å². The van der Waals surface area contributed by atoms with Crippen LogP contribution in [-0.4, -0.2) is 10.2 Å². The highest BCUT2D eigenvalue weighted by Gasteiger charge is 2.10. The van der Waals surface area contributed by atoms with Crippen LogP contribution in [0.25, 0.3) is 0 Å². The van der Waals surface area contributed by atoms with Crippen molar-refractivity contribution in [3.63, 3.8) is 0 Å². The predicted octanol–water partition coefficient (Wildman–Crippen LogP) is 6.03. The Labute approximate surface area is 184 Å². The summed E-state index contributed by atoms with van der Waals surface area (Å²) in [5, 5.41) is 21.0. The van der Waals surface area contributed by atoms with Crippen LogP contribution in [0.1, 0.15) is 52.0 Å². The highest BCUT2D eigenvalue weighted by molar-refractivity contribution is 5.33. The summed E-state index contributed by atoms with van der Waals surface area (Å²) in [5.74, 6) is 0. The molecule has 0 aromatic heterocycles. The molecule has 2 nitrogen and oxygen atoms in total. The molecule has 31 heavy (non-hydrogen) atoms. The maximum atomic E-state index is 10.5. The van der Waals surface area contributed by atoms with Crippen molar-refractivity contribution in [1.82, 2.24) is 0 Å². The lowest BCUT2D eigenvalue weighted by Gasteiger charge is -2.13. The van der Waals surface area contributed by atoms with E-state index >= 15 is 0 Å². The molecule has 0 heterocycles. The van der Waals surface area contributed by atoms with Gasteiger partial charge in [0, 0.05) is 0 Å². The summed E-state index contributed by atoms with van der Waals surface area (Å²) < 4.78 is 0. The lowest BCUT2D eigenvalue weighted by molar-refractivity contribution is 0.220. The maximum Gasteiger partial charge on any atom is 0.104 e. The Kier molecular flexibility index (Phi) is 6.93. The standard InChI is InChI=1S/C29H28O2/c30-28(24-10-3-1-4-11-24)26-18-14-22(15-19-26)8-7-9-23-16-20-27(21-17-23)29(31)25-12-5-2-6-13-25/h1-6,10-21,28-31H,7-9H2. The average Bonchev–Trinajstić information content (AvgIpc) is 2.85. The molecule has 0 fully saturated rings. The molecule has 0 saturated heterocycles. The van der Waals surface area contributed by atoms with Crippen LogP contribution in [0.5, 0.6) is 0 Å². The number of rotatable bonds is 8. The van der Waals surface area contributed by atoms with Crippen molar-refractivity contribution < 1.29 is 10.2 Å². The molecular formula is C29H28O2. The first-order valence-electron chi connectivity index (χ1n) is 10.8. The fourth-order valence-electron chi connectivity index (χ4n) is 3.89. The molecule has 0 aliphatic carbocycles. The zero-order valence-electron chi connectivity index (χ0n) is 17.6. The van der Waals surface area contributed by atoms with Crippen molar-refractivity contribution >= 4 is 0 Å². The van der Waals surface area contributed by atoms with Crippen molar-refractivity contribution in [3.8, 4) is 0 Å². The van der Waals surface area contributed by atoms with Crippen molar-refractivity contribution in [1.29, 1.82) is 0 Å². The molecule has 0 aliphatic heterocycles. The lowest BCUT2D eigenvalue weighted by Crippen LogP contribution is -2.00. The molecule has 2 heteroatoms. The van der Waals surface area contributed by atoms with Crippen molar-refractivity contribution in [2.45, 2.75) is 31.5 Å². The fraction of sp³-hybridized carbons (Fsp3) is 0.172. The second-order valence-corrected chi connectivity index (χ2v) is 7.96. The number of benzene rings is 4. The highest BCUT2D eigenvalue weighted by atomic mass is 16.3. The first-order chi connectivity index (χ1) is 15.2. The Hall–Kier alpha value is -3.20. The molecule has 2 unspecified atom stereocenters. The third-order valence-electron chi connectivity index (χ3n) is 5.75. The molecule has 2 N–H and O–H groups in total. The summed E-state index contributed by atoms with van der Waals surface area (Å²) in [6.07, 6.45) is 1.88. The summed E-state index contributed by atoms with van der Waals surface area (Å²) in [6.45, 7) is 0. The van der Waals surface area contributed by atoms with E-state index in [9.17, 15) is 10.2 Å². The van der Waals surface area contributed by atoms with Gasteiger partial charge in [-0.05, 0) is 52.6 Å². The van der Waals surface area contributed by atoms with Gasteiger partial charge in [-0.2, -0.15) is 0 Å². The topological polar surface area (TPSA) is 40.5 Å². The fourth-order valence-corrected chi connectivity index (χ4v) is 3.89. The molecule has 0 amide bonds. The number of hydrogen-bond donors (Lipinski definition) is 2. The number of aliphatic hydroxyl groups is 2. The average molecular weight is 409 g/mol. The molecule has 4 rings (SSSR count). The molecule has 0 radical (unpaired) electrons. The molecule has 2 atom stereocenters. The summed E-state index contributed by atoms with van der Waals surface area (Å²) in [6, 6.07) is 36.0. The highest BCUT2D eigenvalue weighted by Crippen LogP contribution is 2.24. The minimum atomic E-state index is -0.583. The molecule has 4 aromatic carbocycles. The number of hydrogen-bond acceptors (Lipinski definition) is 2. The SMILES string of the molecule is OC(c1ccccc1)c1ccc(CCCc2ccc(C(O)c3ccccc3)cc2)cc1. The largest absolute Gasteiger partial charge is 0.384 e. The van der Waals surface area contributed by atoms with Gasteiger partial charge in [-0.25, -0.2) is 0 Å². The zero-order valence-corrected chi connectivity index (χ0v) is 17.6. The van der Waals surface area contributed by atoms with Crippen LogP contribution in [0.4, 0.5) is 0 Å². The maximum absolute atomic E-state index is 10.5. The first kappa shape index (κ1) is 21.0. The van der Waals surface area contributed by atoms with Crippen LogP contribution < -0.4 is 0 Å². The second-order valence-electron chi connectivity index (χ2n) is 7.96. The van der Waals surface area contributed by atoms with Crippen LogP contribution in [0.3, 0.4) is 0 Å². The Morgan fingerprint density at radius 2 is 0.742 bits per heavy atom. The van der Waals surface area contributed by atoms with E-state index in [1.165, 1.54) is 11.1 Å². The monoisotopic (exact) mass is 408 g/mol. The van der Waals surface area contributed by atoms with Gasteiger partial charge in [-0.1, -0.05) is 109 Å². The molecular weight excluding hydrogens is 380 g/mol. The molecule has 0 spiro atoms. The van der Waals surface area contributed by atoms with Gasteiger partial charge in [0.25, 0.3) is 0 Å². The molecule has 0 bridgehead atoms. The van der Waals surface area contributed by atoms with E-state index < -0.39 is 12.2 Å². The Balaban J connectivity index is 1.29. The second kappa shape index (κ2) is 10.2. The molecule has 0 saturated carbocycles. The lowest BCUT2D eigenvalue weighted by atomic mass is 9.97. The van der Waals surface area contributed by atoms with Crippen LogP contribution in [0.2, 0.25) is 0 Å². The van der Waals surface area contributed by atoms with Crippen LogP contribution in [0.15, 0.2) is 109 Å². The summed E-state index contributed by atoms with van der Waals surface area (Å²) in [4.78, 5) is 0. The quantitative estimate of drug-likeness (QED) is 0.374. The van der Waals surface area contributed by atoms with Crippen LogP contribution >= 0.6 is 0 Å². The third-order valence-corrected chi connectivity index (χ3v) is 5.75. The molecule has 0 aliphatic rings. The third kappa shape index (κ3) is 5.49. The Morgan fingerprint density at radius 3 is 1.10 bits per heavy atom. The minimum Gasteiger partial charge on any atom is -0.384 e. The van der Waals surface area contributed by atoms with Crippen molar-refractivity contribution in [2.75, 3.05) is 0 Å². The van der Waals surface area contributed by atoms with Gasteiger partial charge in [0.1, 0.15) is 12.2 Å². The van der Waals surface area contributed by atoms with E-state index in [-0.39, 0.29) is 0 Å². The van der Waals surface area contributed by atoms with Crippen LogP contribution in [-0.2, 0) is 12.8 Å². The summed E-state index contributed by atoms with van der Waals surface area (Å²) in [5.41, 5.74) is 6.22. The predicted molar refractivity (Wildman–Crippen MR) is 126 cm³/mol. The minimum absolute atomic E-state index is 0.583. The van der Waals surface area contributed by atoms with E-state index in [4.69, 9.17) is 0 Å². The van der Waals surface area contributed by atoms with Crippen molar-refractivity contribution in [2.24, 2.45) is 0 Å². The van der Waals surface area contributed by atoms with Gasteiger partial charge in [0.05, 0.1) is 0 Å². The van der Waals surface area contributed by atoms with Crippen molar-refractivity contribution in [3.05, 3.63) is 143 Å². The smallest absolute Gasteiger partial charge is 0.104 e. The van der Waals surface area contributed by atoms with Crippen LogP contribution in [0, 0.1) is 0 Å². The van der Waals surface area contributed by atoms with E-state index in [1.807, 2.05) is 84.9 Å². The van der Waals surface area contributed by atoms with Gasteiger partial charge < -0.3 is 10.2 Å². The van der Waals surface area contributed by atoms with Gasteiger partial charge in [0.2, 0.25) is 0 Å². The normalized spacial score (nSPS) is 13.0. The Morgan fingerprint density at radius 1 is 0.419 bits per heavy atom. The molecule has 4 aromatic rings. The van der Waals surface area contributed by atoms with E-state index in [2.05, 4.69) is 24.3 Å². The van der Waals surface area contributed by atoms with E-state index in [0.29, 0.717) is 0 Å².